The molecule has 1 aromatic carbocycles. The molecule has 0 saturated carbocycles. The van der Waals surface area contributed by atoms with Gasteiger partial charge in [0, 0.05) is 32.7 Å². The molecule has 0 atom stereocenters. The lowest BCUT2D eigenvalue weighted by molar-refractivity contribution is -0.138. The molecule has 1 fully saturated rings. The number of isocyanates is 1. The van der Waals surface area contributed by atoms with Gasteiger partial charge in [-0.2, -0.15) is 18.2 Å². The van der Waals surface area contributed by atoms with Gasteiger partial charge in [0.1, 0.15) is 0 Å². The number of hydrogen-bond donors (Lipinski definition) is 1. The first-order valence-electron chi connectivity index (χ1n) is 6.22. The van der Waals surface area contributed by atoms with E-state index in [4.69, 9.17) is 0 Å². The Hall–Kier alpha value is -1.69. The molecule has 0 radical (unpaired) electrons. The van der Waals surface area contributed by atoms with Gasteiger partial charge < -0.3 is 5.32 Å². The van der Waals surface area contributed by atoms with E-state index in [2.05, 4.69) is 10.3 Å². The molecule has 0 bridgehead atoms. The Morgan fingerprint density at radius 3 is 2.60 bits per heavy atom. The first-order valence-corrected chi connectivity index (χ1v) is 6.22. The second-order valence-corrected chi connectivity index (χ2v) is 4.57. The first kappa shape index (κ1) is 14.7. The highest BCUT2D eigenvalue weighted by Crippen LogP contribution is 2.35. The number of alkyl halides is 3. The van der Waals surface area contributed by atoms with Crippen LogP contribution in [0.5, 0.6) is 0 Å². The van der Waals surface area contributed by atoms with Crippen LogP contribution >= 0.6 is 0 Å². The summed E-state index contributed by atoms with van der Waals surface area (Å²) in [4.78, 5) is 15.4. The molecule has 1 saturated heterocycles. The first-order chi connectivity index (χ1) is 9.50. The van der Waals surface area contributed by atoms with Gasteiger partial charge in [-0.1, -0.05) is 6.07 Å². The van der Waals surface area contributed by atoms with Crippen LogP contribution in [0.25, 0.3) is 0 Å². The third kappa shape index (κ3) is 3.66. The highest BCUT2D eigenvalue weighted by Gasteiger charge is 2.34. The average molecular weight is 285 g/mol. The Kier molecular flexibility index (Phi) is 4.54. The van der Waals surface area contributed by atoms with Crippen molar-refractivity contribution in [3.8, 4) is 0 Å². The van der Waals surface area contributed by atoms with Crippen LogP contribution in [0.1, 0.15) is 11.1 Å². The summed E-state index contributed by atoms with van der Waals surface area (Å²) in [6.45, 7) is 3.21. The van der Waals surface area contributed by atoms with Crippen molar-refractivity contribution in [1.82, 2.24) is 10.2 Å². The summed E-state index contributed by atoms with van der Waals surface area (Å²) in [6.07, 6.45) is -3.21. The van der Waals surface area contributed by atoms with E-state index in [1.165, 1.54) is 18.2 Å². The van der Waals surface area contributed by atoms with Gasteiger partial charge in [-0.25, -0.2) is 4.79 Å². The van der Waals surface area contributed by atoms with Gasteiger partial charge in [0.25, 0.3) is 0 Å². The lowest BCUT2D eigenvalue weighted by Gasteiger charge is -2.28. The second-order valence-electron chi connectivity index (χ2n) is 4.57. The van der Waals surface area contributed by atoms with Crippen LogP contribution in [0.4, 0.5) is 18.9 Å². The molecule has 2 rings (SSSR count). The number of carbonyl (C=O) groups excluding carboxylic acids is 1. The molecule has 0 aromatic heterocycles. The van der Waals surface area contributed by atoms with E-state index in [1.54, 1.807) is 0 Å². The van der Waals surface area contributed by atoms with Gasteiger partial charge in [-0.15, -0.1) is 0 Å². The standard InChI is InChI=1S/C13H14F3N3O/c14-13(15,16)12-7-11(18-9-20)2-1-10(12)8-19-5-3-17-4-6-19/h1-2,7,17H,3-6,8H2. The van der Waals surface area contributed by atoms with E-state index in [1.807, 2.05) is 4.90 Å². The minimum absolute atomic E-state index is 0.0311. The summed E-state index contributed by atoms with van der Waals surface area (Å²) < 4.78 is 39.2. The van der Waals surface area contributed by atoms with Crippen molar-refractivity contribution in [2.45, 2.75) is 12.7 Å². The van der Waals surface area contributed by atoms with Crippen molar-refractivity contribution >= 4 is 11.8 Å². The third-order valence-corrected chi connectivity index (χ3v) is 3.18. The summed E-state index contributed by atoms with van der Waals surface area (Å²) >= 11 is 0. The molecule has 108 valence electrons. The molecule has 1 heterocycles. The molecule has 4 nitrogen and oxygen atoms in total. The Bertz CT molecular complexity index is 518. The van der Waals surface area contributed by atoms with Crippen molar-refractivity contribution in [2.24, 2.45) is 4.99 Å². The van der Waals surface area contributed by atoms with Crippen LogP contribution in [0.15, 0.2) is 23.2 Å². The van der Waals surface area contributed by atoms with E-state index >= 15 is 0 Å². The van der Waals surface area contributed by atoms with Gasteiger partial charge in [-0.05, 0) is 17.7 Å². The number of aliphatic imine (C=N–C) groups is 1. The quantitative estimate of drug-likeness (QED) is 0.683. The Morgan fingerprint density at radius 2 is 2.00 bits per heavy atom. The lowest BCUT2D eigenvalue weighted by Crippen LogP contribution is -2.43. The summed E-state index contributed by atoms with van der Waals surface area (Å²) in [5, 5.41) is 3.15. The van der Waals surface area contributed by atoms with Crippen LogP contribution in [0.3, 0.4) is 0 Å². The fraction of sp³-hybridized carbons (Fsp3) is 0.462. The van der Waals surface area contributed by atoms with Gasteiger partial charge in [-0.3, -0.25) is 4.90 Å². The largest absolute Gasteiger partial charge is 0.416 e. The summed E-state index contributed by atoms with van der Waals surface area (Å²) in [5.41, 5.74) is -0.576. The predicted molar refractivity (Wildman–Crippen MR) is 67.4 cm³/mol. The third-order valence-electron chi connectivity index (χ3n) is 3.18. The minimum atomic E-state index is -4.46. The number of nitrogens with one attached hydrogen (secondary N) is 1. The zero-order chi connectivity index (χ0) is 14.6. The smallest absolute Gasteiger partial charge is 0.314 e. The number of benzene rings is 1. The van der Waals surface area contributed by atoms with Crippen molar-refractivity contribution in [3.05, 3.63) is 29.3 Å². The van der Waals surface area contributed by atoms with Gasteiger partial charge in [0.05, 0.1) is 11.3 Å². The summed E-state index contributed by atoms with van der Waals surface area (Å²) in [5.74, 6) is 0. The molecule has 1 aliphatic heterocycles. The molecule has 0 amide bonds. The number of rotatable bonds is 3. The number of piperazine rings is 1. The maximum atomic E-state index is 13.1. The molecule has 0 aliphatic carbocycles. The maximum absolute atomic E-state index is 13.1. The van der Waals surface area contributed by atoms with E-state index in [9.17, 15) is 18.0 Å². The van der Waals surface area contributed by atoms with Crippen molar-refractivity contribution in [2.75, 3.05) is 26.2 Å². The van der Waals surface area contributed by atoms with Crippen LogP contribution in [-0.4, -0.2) is 37.2 Å². The molecule has 1 N–H and O–H groups in total. The SMILES string of the molecule is O=C=Nc1ccc(CN2CCNCC2)c(C(F)(F)F)c1. The molecule has 1 aromatic rings. The Balaban J connectivity index is 2.28. The summed E-state index contributed by atoms with van der Waals surface area (Å²) in [6, 6.07) is 3.67. The minimum Gasteiger partial charge on any atom is -0.314 e. The number of nitrogens with zero attached hydrogens (tertiary/aromatic N) is 2. The van der Waals surface area contributed by atoms with E-state index in [-0.39, 0.29) is 17.8 Å². The topological polar surface area (TPSA) is 44.7 Å². The van der Waals surface area contributed by atoms with Crippen LogP contribution in [0, 0.1) is 0 Å². The van der Waals surface area contributed by atoms with E-state index in [0.29, 0.717) is 13.1 Å². The number of halogens is 3. The van der Waals surface area contributed by atoms with Crippen molar-refractivity contribution in [3.63, 3.8) is 0 Å². The van der Waals surface area contributed by atoms with Crippen molar-refractivity contribution in [1.29, 1.82) is 0 Å². The zero-order valence-electron chi connectivity index (χ0n) is 10.7. The van der Waals surface area contributed by atoms with E-state index < -0.39 is 11.7 Å². The monoisotopic (exact) mass is 285 g/mol. The average Bonchev–Trinajstić information content (AvgIpc) is 2.41. The molecular weight excluding hydrogens is 271 g/mol. The maximum Gasteiger partial charge on any atom is 0.416 e. The summed E-state index contributed by atoms with van der Waals surface area (Å²) in [7, 11) is 0. The van der Waals surface area contributed by atoms with Crippen molar-refractivity contribution < 1.29 is 18.0 Å². The molecule has 0 unspecified atom stereocenters. The van der Waals surface area contributed by atoms with Crippen LogP contribution in [0.2, 0.25) is 0 Å². The van der Waals surface area contributed by atoms with Crippen LogP contribution < -0.4 is 5.32 Å². The van der Waals surface area contributed by atoms with E-state index in [0.717, 1.165) is 19.2 Å². The fourth-order valence-corrected chi connectivity index (χ4v) is 2.20. The molecule has 1 aliphatic rings. The molecule has 7 heteroatoms. The lowest BCUT2D eigenvalue weighted by atomic mass is 10.1. The highest BCUT2D eigenvalue weighted by atomic mass is 19.4. The normalized spacial score (nSPS) is 16.8. The van der Waals surface area contributed by atoms with Gasteiger partial charge in [0.2, 0.25) is 6.08 Å². The van der Waals surface area contributed by atoms with Crippen LogP contribution in [-0.2, 0) is 17.5 Å². The predicted octanol–water partition coefficient (Wildman–Crippen LogP) is 2.08. The zero-order valence-corrected chi connectivity index (χ0v) is 10.7. The molecule has 0 spiro atoms. The Labute approximate surface area is 114 Å². The second kappa shape index (κ2) is 6.17. The number of hydrogen-bond acceptors (Lipinski definition) is 4. The van der Waals surface area contributed by atoms with Gasteiger partial charge >= 0.3 is 6.18 Å². The Morgan fingerprint density at radius 1 is 1.30 bits per heavy atom. The molecule has 20 heavy (non-hydrogen) atoms. The fourth-order valence-electron chi connectivity index (χ4n) is 2.20. The highest BCUT2D eigenvalue weighted by molar-refractivity contribution is 5.52. The van der Waals surface area contributed by atoms with Gasteiger partial charge in [0.15, 0.2) is 0 Å². The molecular formula is C13H14F3N3O.